The van der Waals surface area contributed by atoms with E-state index in [9.17, 15) is 9.90 Å². The summed E-state index contributed by atoms with van der Waals surface area (Å²) < 4.78 is 4.59. The van der Waals surface area contributed by atoms with Gasteiger partial charge in [0.25, 0.3) is 0 Å². The molecule has 1 aliphatic heterocycles. The quantitative estimate of drug-likeness (QED) is 0.362. The first-order chi connectivity index (χ1) is 5.95. The van der Waals surface area contributed by atoms with Crippen LogP contribution < -0.4 is 0 Å². The highest BCUT2D eigenvalue weighted by atomic mass is 16.6. The maximum atomic E-state index is 10.8. The number of Topliss-reactive ketones (excluding diaryl/α,β-unsaturated/α-hetero) is 1. The highest BCUT2D eigenvalue weighted by Gasteiger charge is 2.44. The molecule has 6 nitrogen and oxygen atoms in total. The van der Waals surface area contributed by atoms with E-state index >= 15 is 0 Å². The zero-order valence-electron chi connectivity index (χ0n) is 6.99. The number of ketones is 1. The summed E-state index contributed by atoms with van der Waals surface area (Å²) in [6.07, 6.45) is -7.60. The van der Waals surface area contributed by atoms with E-state index in [1.54, 1.807) is 0 Å². The van der Waals surface area contributed by atoms with Crippen molar-refractivity contribution < 1.29 is 30.0 Å². The van der Waals surface area contributed by atoms with Crippen molar-refractivity contribution >= 4 is 5.78 Å². The normalized spacial score (nSPS) is 46.1. The van der Waals surface area contributed by atoms with Crippen LogP contribution in [0.25, 0.3) is 0 Å². The Balaban J connectivity index is 2.76. The third-order valence-electron chi connectivity index (χ3n) is 1.99. The van der Waals surface area contributed by atoms with Crippen LogP contribution in [0.1, 0.15) is 6.92 Å². The van der Waals surface area contributed by atoms with E-state index in [1.807, 2.05) is 0 Å². The van der Waals surface area contributed by atoms with Crippen LogP contribution in [-0.4, -0.2) is 56.9 Å². The van der Waals surface area contributed by atoms with Crippen molar-refractivity contribution in [2.24, 2.45) is 0 Å². The van der Waals surface area contributed by atoms with Crippen molar-refractivity contribution in [3.05, 3.63) is 0 Å². The molecule has 76 valence electrons. The van der Waals surface area contributed by atoms with Gasteiger partial charge in [-0.25, -0.2) is 0 Å². The van der Waals surface area contributed by atoms with E-state index < -0.39 is 36.5 Å². The SMILES string of the molecule is CC(=O)[C@H]1O[C@H](O)[C@H](O)[C@H](O)[C@H]1O. The number of carbonyl (C=O) groups is 1. The van der Waals surface area contributed by atoms with E-state index in [4.69, 9.17) is 15.3 Å². The molecule has 0 aliphatic carbocycles. The Morgan fingerprint density at radius 3 is 2.08 bits per heavy atom. The van der Waals surface area contributed by atoms with Crippen LogP contribution in [0.4, 0.5) is 0 Å². The third-order valence-corrected chi connectivity index (χ3v) is 1.99. The van der Waals surface area contributed by atoms with Crippen molar-refractivity contribution in [1.82, 2.24) is 0 Å². The molecule has 0 aromatic heterocycles. The molecule has 1 aliphatic rings. The molecule has 13 heavy (non-hydrogen) atoms. The van der Waals surface area contributed by atoms with Gasteiger partial charge in [-0.3, -0.25) is 4.79 Å². The van der Waals surface area contributed by atoms with Crippen molar-refractivity contribution in [1.29, 1.82) is 0 Å². The molecule has 0 saturated carbocycles. The third kappa shape index (κ3) is 1.87. The number of carbonyl (C=O) groups excluding carboxylic acids is 1. The first-order valence-electron chi connectivity index (χ1n) is 3.83. The molecule has 1 saturated heterocycles. The Morgan fingerprint density at radius 2 is 1.62 bits per heavy atom. The monoisotopic (exact) mass is 192 g/mol. The molecule has 0 aromatic rings. The molecule has 1 fully saturated rings. The molecule has 1 heterocycles. The minimum absolute atomic E-state index is 0.516. The topological polar surface area (TPSA) is 107 Å². The molecule has 0 aromatic carbocycles. The number of aliphatic hydroxyl groups excluding tert-OH is 4. The Bertz CT molecular complexity index is 205. The zero-order chi connectivity index (χ0) is 10.2. The summed E-state index contributed by atoms with van der Waals surface area (Å²) in [6.45, 7) is 1.16. The molecule has 5 atom stereocenters. The van der Waals surface area contributed by atoms with Gasteiger partial charge in [-0.15, -0.1) is 0 Å². The van der Waals surface area contributed by atoms with Gasteiger partial charge in [0.2, 0.25) is 0 Å². The predicted molar refractivity (Wildman–Crippen MR) is 39.6 cm³/mol. The van der Waals surface area contributed by atoms with Crippen molar-refractivity contribution in [2.45, 2.75) is 37.6 Å². The maximum Gasteiger partial charge on any atom is 0.184 e. The largest absolute Gasteiger partial charge is 0.387 e. The van der Waals surface area contributed by atoms with E-state index in [0.717, 1.165) is 6.92 Å². The second-order valence-corrected chi connectivity index (χ2v) is 3.03. The molecular weight excluding hydrogens is 180 g/mol. The molecule has 0 radical (unpaired) electrons. The van der Waals surface area contributed by atoms with Gasteiger partial charge in [-0.1, -0.05) is 0 Å². The summed E-state index contributed by atoms with van der Waals surface area (Å²) in [5, 5.41) is 36.4. The van der Waals surface area contributed by atoms with Gasteiger partial charge in [0.1, 0.15) is 24.4 Å². The number of hydrogen-bond acceptors (Lipinski definition) is 6. The van der Waals surface area contributed by atoms with Gasteiger partial charge in [-0.05, 0) is 6.92 Å². The second-order valence-electron chi connectivity index (χ2n) is 3.03. The first kappa shape index (κ1) is 10.6. The summed E-state index contributed by atoms with van der Waals surface area (Å²) in [7, 11) is 0. The smallest absolute Gasteiger partial charge is 0.184 e. The van der Waals surface area contributed by atoms with Gasteiger partial charge in [-0.2, -0.15) is 0 Å². The lowest BCUT2D eigenvalue weighted by Crippen LogP contribution is -2.59. The van der Waals surface area contributed by atoms with Crippen LogP contribution in [0, 0.1) is 0 Å². The Hall–Kier alpha value is -0.530. The standard InChI is InChI=1S/C7H12O6/c1-2(8)6-4(10)3(9)5(11)7(12)13-6/h3-7,9-12H,1H3/t3-,4-,5-,6-,7+/m1/s1. The van der Waals surface area contributed by atoms with E-state index in [1.165, 1.54) is 0 Å². The fourth-order valence-corrected chi connectivity index (χ4v) is 1.20. The van der Waals surface area contributed by atoms with Crippen molar-refractivity contribution in [3.8, 4) is 0 Å². The van der Waals surface area contributed by atoms with Crippen LogP contribution in [-0.2, 0) is 9.53 Å². The lowest BCUT2D eigenvalue weighted by Gasteiger charge is -2.37. The fraction of sp³-hybridized carbons (Fsp3) is 0.857. The van der Waals surface area contributed by atoms with E-state index in [0.29, 0.717) is 0 Å². The van der Waals surface area contributed by atoms with Crippen LogP contribution in [0.15, 0.2) is 0 Å². The Labute approximate surface area is 74.4 Å². The van der Waals surface area contributed by atoms with Crippen LogP contribution in [0.3, 0.4) is 0 Å². The number of rotatable bonds is 1. The summed E-state index contributed by atoms with van der Waals surface area (Å²) in [5.74, 6) is -0.516. The van der Waals surface area contributed by atoms with Crippen LogP contribution in [0.2, 0.25) is 0 Å². The zero-order valence-corrected chi connectivity index (χ0v) is 6.99. The number of ether oxygens (including phenoxy) is 1. The first-order valence-corrected chi connectivity index (χ1v) is 3.83. The molecule has 0 bridgehead atoms. The minimum atomic E-state index is -1.65. The predicted octanol–water partition coefficient (Wildman–Crippen LogP) is -2.62. The molecule has 1 rings (SSSR count). The van der Waals surface area contributed by atoms with Gasteiger partial charge < -0.3 is 25.2 Å². The average Bonchev–Trinajstić information content (AvgIpc) is 2.07. The summed E-state index contributed by atoms with van der Waals surface area (Å²) in [6, 6.07) is 0. The second kappa shape index (κ2) is 3.69. The highest BCUT2D eigenvalue weighted by Crippen LogP contribution is 2.20. The summed E-state index contributed by atoms with van der Waals surface area (Å²) in [4.78, 5) is 10.8. The van der Waals surface area contributed by atoms with Crippen LogP contribution in [0.5, 0.6) is 0 Å². The molecule has 0 spiro atoms. The Morgan fingerprint density at radius 1 is 1.08 bits per heavy atom. The fourth-order valence-electron chi connectivity index (χ4n) is 1.20. The van der Waals surface area contributed by atoms with Gasteiger partial charge in [0.05, 0.1) is 0 Å². The molecule has 0 unspecified atom stereocenters. The lowest BCUT2D eigenvalue weighted by molar-refractivity contribution is -0.274. The lowest BCUT2D eigenvalue weighted by atomic mass is 9.97. The van der Waals surface area contributed by atoms with Crippen molar-refractivity contribution in [3.63, 3.8) is 0 Å². The van der Waals surface area contributed by atoms with Gasteiger partial charge in [0, 0.05) is 0 Å². The summed E-state index contributed by atoms with van der Waals surface area (Å²) in [5.41, 5.74) is 0. The van der Waals surface area contributed by atoms with E-state index in [-0.39, 0.29) is 0 Å². The van der Waals surface area contributed by atoms with Gasteiger partial charge in [0.15, 0.2) is 12.1 Å². The highest BCUT2D eigenvalue weighted by molar-refractivity contribution is 5.81. The van der Waals surface area contributed by atoms with Crippen LogP contribution >= 0.6 is 0 Å². The summed E-state index contributed by atoms with van der Waals surface area (Å²) >= 11 is 0. The molecular formula is C7H12O6. The number of aliphatic hydroxyl groups is 4. The van der Waals surface area contributed by atoms with Crippen molar-refractivity contribution in [2.75, 3.05) is 0 Å². The maximum absolute atomic E-state index is 10.8. The van der Waals surface area contributed by atoms with Gasteiger partial charge >= 0.3 is 0 Å². The van der Waals surface area contributed by atoms with E-state index in [2.05, 4.69) is 4.74 Å². The number of hydrogen-bond donors (Lipinski definition) is 4. The average molecular weight is 192 g/mol. The minimum Gasteiger partial charge on any atom is -0.387 e. The molecule has 6 heteroatoms. The molecule has 0 amide bonds. The molecule has 4 N–H and O–H groups in total. The Kier molecular flexibility index (Phi) is 2.99.